The van der Waals surface area contributed by atoms with Crippen LogP contribution < -0.4 is 20.1 Å². The van der Waals surface area contributed by atoms with Gasteiger partial charge in [-0.25, -0.2) is 4.79 Å². The average molecular weight is 517 g/mol. The Morgan fingerprint density at radius 2 is 1.70 bits per heavy atom. The highest BCUT2D eigenvalue weighted by Gasteiger charge is 2.44. The number of hydrogen-bond acceptors (Lipinski definition) is 5. The lowest BCUT2D eigenvalue weighted by Gasteiger charge is -2.46. The molecule has 9 nitrogen and oxygen atoms in total. The number of hydrogen-bond donors (Lipinski definition) is 2. The van der Waals surface area contributed by atoms with Crippen LogP contribution in [0.3, 0.4) is 0 Å². The second-order valence-electron chi connectivity index (χ2n) is 10.7. The number of amides is 4. The van der Waals surface area contributed by atoms with Gasteiger partial charge in [0, 0.05) is 39.2 Å². The summed E-state index contributed by atoms with van der Waals surface area (Å²) in [4.78, 5) is 43.3. The van der Waals surface area contributed by atoms with E-state index in [0.717, 1.165) is 18.4 Å². The fourth-order valence-electron chi connectivity index (χ4n) is 5.50. The van der Waals surface area contributed by atoms with Gasteiger partial charge in [0.2, 0.25) is 11.8 Å². The Morgan fingerprint density at radius 3 is 2.27 bits per heavy atom. The van der Waals surface area contributed by atoms with Crippen LogP contribution in [-0.2, 0) is 16.1 Å². The van der Waals surface area contributed by atoms with Crippen molar-refractivity contribution >= 4 is 17.8 Å². The molecule has 0 aromatic heterocycles. The van der Waals surface area contributed by atoms with Gasteiger partial charge >= 0.3 is 6.03 Å². The predicted octanol–water partition coefficient (Wildman–Crippen LogP) is 3.56. The van der Waals surface area contributed by atoms with Crippen LogP contribution >= 0.6 is 0 Å². The highest BCUT2D eigenvalue weighted by molar-refractivity contribution is 5.89. The van der Waals surface area contributed by atoms with E-state index < -0.39 is 12.1 Å². The molecule has 1 aromatic rings. The van der Waals surface area contributed by atoms with Crippen LogP contribution in [-0.4, -0.2) is 74.1 Å². The first-order valence-corrected chi connectivity index (χ1v) is 13.5. The lowest BCUT2D eigenvalue weighted by molar-refractivity contribution is -0.145. The number of benzene rings is 1. The lowest BCUT2D eigenvalue weighted by atomic mass is 9.89. The van der Waals surface area contributed by atoms with Gasteiger partial charge in [-0.05, 0) is 48.8 Å². The predicted molar refractivity (Wildman–Crippen MR) is 142 cm³/mol. The molecule has 0 bridgehead atoms. The molecule has 9 heteroatoms. The smallest absolute Gasteiger partial charge is 0.318 e. The van der Waals surface area contributed by atoms with Crippen molar-refractivity contribution in [1.82, 2.24) is 20.4 Å². The van der Waals surface area contributed by atoms with Gasteiger partial charge in [0.25, 0.3) is 0 Å². The first-order valence-electron chi connectivity index (χ1n) is 13.5. The fraction of sp³-hybridized carbons (Fsp3) is 0.679. The van der Waals surface area contributed by atoms with E-state index in [-0.39, 0.29) is 36.7 Å². The quantitative estimate of drug-likeness (QED) is 0.495. The van der Waals surface area contributed by atoms with Gasteiger partial charge in [0.1, 0.15) is 17.5 Å². The maximum Gasteiger partial charge on any atom is 0.318 e. The average Bonchev–Trinajstić information content (AvgIpc) is 2.89. The van der Waals surface area contributed by atoms with Gasteiger partial charge in [-0.15, -0.1) is 0 Å². The summed E-state index contributed by atoms with van der Waals surface area (Å²) in [5.41, 5.74) is 0.863. The number of urea groups is 1. The molecule has 1 aliphatic heterocycles. The fourth-order valence-corrected chi connectivity index (χ4v) is 5.50. The Balaban J connectivity index is 1.86. The number of rotatable bonds is 10. The molecule has 1 aromatic carbocycles. The minimum absolute atomic E-state index is 0.101. The molecule has 0 unspecified atom stereocenters. The van der Waals surface area contributed by atoms with Gasteiger partial charge in [-0.1, -0.05) is 33.1 Å². The Morgan fingerprint density at radius 1 is 1.05 bits per heavy atom. The minimum atomic E-state index is -0.637. The third kappa shape index (κ3) is 7.76. The summed E-state index contributed by atoms with van der Waals surface area (Å²) in [6.45, 7) is 5.31. The zero-order valence-electron chi connectivity index (χ0n) is 23.0. The largest absolute Gasteiger partial charge is 0.497 e. The third-order valence-electron chi connectivity index (χ3n) is 7.44. The molecule has 2 aliphatic rings. The molecular formula is C28H44N4O5. The molecule has 1 heterocycles. The van der Waals surface area contributed by atoms with E-state index in [1.165, 1.54) is 19.3 Å². The Kier molecular flexibility index (Phi) is 10.5. The zero-order valence-corrected chi connectivity index (χ0v) is 23.0. The maximum absolute atomic E-state index is 13.8. The van der Waals surface area contributed by atoms with Gasteiger partial charge in [-0.3, -0.25) is 9.59 Å². The molecule has 0 radical (unpaired) electrons. The van der Waals surface area contributed by atoms with Crippen LogP contribution in [0.2, 0.25) is 0 Å². The normalized spacial score (nSPS) is 20.6. The second kappa shape index (κ2) is 13.5. The molecule has 2 atom stereocenters. The molecule has 3 rings (SSSR count). The molecular weight excluding hydrogens is 472 g/mol. The molecule has 1 saturated carbocycles. The summed E-state index contributed by atoms with van der Waals surface area (Å²) in [6.07, 6.45) is 6.54. The van der Waals surface area contributed by atoms with Crippen molar-refractivity contribution < 1.29 is 23.9 Å². The second-order valence-corrected chi connectivity index (χ2v) is 10.7. The summed E-state index contributed by atoms with van der Waals surface area (Å²) in [6, 6.07) is 4.23. The number of ether oxygens (including phenoxy) is 2. The summed E-state index contributed by atoms with van der Waals surface area (Å²) in [7, 11) is 4.77. The van der Waals surface area contributed by atoms with E-state index >= 15 is 0 Å². The Hall–Kier alpha value is -2.97. The number of carbonyl (C=O) groups excluding carboxylic acids is 3. The SMILES string of the molecule is CNC(=O)C[C@@H]1CN(Cc2cc(OC)cc(OC)c2)C(=O)[C@H](CC(C)C)N1C(=O)NCC1CCCCC1. The minimum Gasteiger partial charge on any atom is -0.497 e. The van der Waals surface area contributed by atoms with E-state index in [9.17, 15) is 14.4 Å². The van der Waals surface area contributed by atoms with Crippen molar-refractivity contribution in [1.29, 1.82) is 0 Å². The van der Waals surface area contributed by atoms with Crippen molar-refractivity contribution in [2.75, 3.05) is 34.4 Å². The van der Waals surface area contributed by atoms with Crippen LogP contribution in [0.25, 0.3) is 0 Å². The van der Waals surface area contributed by atoms with Gasteiger partial charge < -0.3 is 29.9 Å². The van der Waals surface area contributed by atoms with Gasteiger partial charge in [-0.2, -0.15) is 0 Å². The van der Waals surface area contributed by atoms with Crippen molar-refractivity contribution in [3.05, 3.63) is 23.8 Å². The van der Waals surface area contributed by atoms with E-state index in [1.807, 2.05) is 26.0 Å². The van der Waals surface area contributed by atoms with E-state index in [2.05, 4.69) is 10.6 Å². The number of carbonyl (C=O) groups is 3. The van der Waals surface area contributed by atoms with Crippen LogP contribution in [0.4, 0.5) is 4.79 Å². The highest BCUT2D eigenvalue weighted by atomic mass is 16.5. The number of piperazine rings is 1. The van der Waals surface area contributed by atoms with E-state index in [0.29, 0.717) is 36.9 Å². The standard InChI is InChI=1S/C28H44N4O5/c1-19(2)11-25-27(34)31(17-21-12-23(36-4)15-24(13-21)37-5)18-22(14-26(33)29-3)32(25)28(35)30-16-20-9-7-6-8-10-20/h12-13,15,19-20,22,25H,6-11,14,16-18H2,1-5H3,(H,29,33)(H,30,35)/t22-,25+/m1/s1. The maximum atomic E-state index is 13.8. The topological polar surface area (TPSA) is 100 Å². The van der Waals surface area contributed by atoms with Crippen molar-refractivity contribution in [2.24, 2.45) is 11.8 Å². The summed E-state index contributed by atoms with van der Waals surface area (Å²) in [5.74, 6) is 1.69. The monoisotopic (exact) mass is 516 g/mol. The molecule has 1 aliphatic carbocycles. The summed E-state index contributed by atoms with van der Waals surface area (Å²) >= 11 is 0. The van der Waals surface area contributed by atoms with E-state index in [4.69, 9.17) is 9.47 Å². The first-order chi connectivity index (χ1) is 17.7. The Bertz CT molecular complexity index is 909. The molecule has 2 N–H and O–H groups in total. The van der Waals surface area contributed by atoms with Crippen molar-refractivity contribution in [2.45, 2.75) is 77.4 Å². The van der Waals surface area contributed by atoms with Crippen LogP contribution in [0.1, 0.15) is 64.4 Å². The highest BCUT2D eigenvalue weighted by Crippen LogP contribution is 2.29. The van der Waals surface area contributed by atoms with Crippen molar-refractivity contribution in [3.63, 3.8) is 0 Å². The molecule has 0 spiro atoms. The molecule has 1 saturated heterocycles. The lowest BCUT2D eigenvalue weighted by Crippen LogP contribution is -2.65. The van der Waals surface area contributed by atoms with Gasteiger partial charge in [0.05, 0.1) is 20.3 Å². The van der Waals surface area contributed by atoms with Crippen molar-refractivity contribution in [3.8, 4) is 11.5 Å². The van der Waals surface area contributed by atoms with Crippen LogP contribution in [0.15, 0.2) is 18.2 Å². The van der Waals surface area contributed by atoms with E-state index in [1.54, 1.807) is 37.1 Å². The zero-order chi connectivity index (χ0) is 26.9. The summed E-state index contributed by atoms with van der Waals surface area (Å²) < 4.78 is 10.8. The molecule has 4 amide bonds. The number of methoxy groups -OCH3 is 2. The summed E-state index contributed by atoms with van der Waals surface area (Å²) in [5, 5.41) is 5.80. The number of nitrogens with zero attached hydrogens (tertiary/aromatic N) is 2. The van der Waals surface area contributed by atoms with Gasteiger partial charge in [0.15, 0.2) is 0 Å². The Labute approximate surface area is 221 Å². The first kappa shape index (κ1) is 28.6. The third-order valence-corrected chi connectivity index (χ3v) is 7.44. The van der Waals surface area contributed by atoms with Crippen LogP contribution in [0.5, 0.6) is 11.5 Å². The molecule has 37 heavy (non-hydrogen) atoms. The van der Waals surface area contributed by atoms with Crippen LogP contribution in [0, 0.1) is 11.8 Å². The molecule has 206 valence electrons. The number of nitrogens with one attached hydrogen (secondary N) is 2. The molecule has 2 fully saturated rings.